The van der Waals surface area contributed by atoms with Gasteiger partial charge in [-0.2, -0.15) is 0 Å². The van der Waals surface area contributed by atoms with Crippen molar-refractivity contribution in [2.75, 3.05) is 20.3 Å². The minimum Gasteiger partial charge on any atom is -0.497 e. The Morgan fingerprint density at radius 3 is 2.50 bits per heavy atom. The van der Waals surface area contributed by atoms with Gasteiger partial charge >= 0.3 is 5.97 Å². The molecule has 0 saturated heterocycles. The molecule has 0 unspecified atom stereocenters. The third kappa shape index (κ3) is 2.79. The molecule has 1 amide bonds. The number of rotatable bonds is 6. The number of methoxy groups -OCH3 is 1. The maximum absolute atomic E-state index is 12.5. The van der Waals surface area contributed by atoms with Crippen molar-refractivity contribution >= 4 is 11.9 Å². The van der Waals surface area contributed by atoms with E-state index in [1.165, 1.54) is 0 Å². The quantitative estimate of drug-likeness (QED) is 0.753. The maximum Gasteiger partial charge on any atom is 0.316 e. The molecule has 0 radical (unpaired) electrons. The molecular weight excluding hydrogens is 306 g/mol. The standard InChI is InChI=1S/C19H23NO4/c1-4-24-18(22)19(9-10-19)15-11-17(21)20(12-15)13(2)14-5-7-16(23-3)8-6-14/h5-8,11,13H,4,9-10,12H2,1-3H3/t13-/m1/s1. The topological polar surface area (TPSA) is 55.8 Å². The van der Waals surface area contributed by atoms with E-state index in [1.54, 1.807) is 25.0 Å². The monoisotopic (exact) mass is 329 g/mol. The Balaban J connectivity index is 1.73. The zero-order chi connectivity index (χ0) is 17.3. The molecule has 0 bridgehead atoms. The zero-order valence-corrected chi connectivity index (χ0v) is 14.4. The van der Waals surface area contributed by atoms with Crippen LogP contribution in [-0.4, -0.2) is 37.0 Å². The van der Waals surface area contributed by atoms with Gasteiger partial charge in [-0.1, -0.05) is 12.1 Å². The van der Waals surface area contributed by atoms with Crippen LogP contribution in [0.4, 0.5) is 0 Å². The van der Waals surface area contributed by atoms with Gasteiger partial charge in [-0.05, 0) is 50.0 Å². The Morgan fingerprint density at radius 2 is 1.96 bits per heavy atom. The van der Waals surface area contributed by atoms with Crippen LogP contribution in [0.3, 0.4) is 0 Å². The first-order valence-electron chi connectivity index (χ1n) is 8.34. The van der Waals surface area contributed by atoms with E-state index in [-0.39, 0.29) is 17.9 Å². The second-order valence-electron chi connectivity index (χ2n) is 6.39. The van der Waals surface area contributed by atoms with Gasteiger partial charge in [-0.15, -0.1) is 0 Å². The molecule has 1 aliphatic heterocycles. The number of hydrogen-bond donors (Lipinski definition) is 0. The lowest BCUT2D eigenvalue weighted by molar-refractivity contribution is -0.148. The zero-order valence-electron chi connectivity index (χ0n) is 14.4. The van der Waals surface area contributed by atoms with Crippen LogP contribution >= 0.6 is 0 Å². The molecule has 3 rings (SSSR count). The Labute approximate surface area is 142 Å². The normalized spacial score (nSPS) is 19.7. The third-order valence-electron chi connectivity index (χ3n) is 5.02. The van der Waals surface area contributed by atoms with Crippen LogP contribution < -0.4 is 4.74 Å². The molecule has 5 heteroatoms. The van der Waals surface area contributed by atoms with E-state index >= 15 is 0 Å². The van der Waals surface area contributed by atoms with E-state index in [0.717, 1.165) is 29.7 Å². The number of amides is 1. The average Bonchev–Trinajstić information content (AvgIpc) is 3.32. The Bertz CT molecular complexity index is 673. The summed E-state index contributed by atoms with van der Waals surface area (Å²) in [6.45, 7) is 4.67. The number of hydrogen-bond acceptors (Lipinski definition) is 4. The van der Waals surface area contributed by atoms with Crippen LogP contribution in [-0.2, 0) is 14.3 Å². The molecule has 1 aromatic carbocycles. The van der Waals surface area contributed by atoms with Crippen LogP contribution in [0.2, 0.25) is 0 Å². The first-order valence-corrected chi connectivity index (χ1v) is 8.34. The highest BCUT2D eigenvalue weighted by atomic mass is 16.5. The molecule has 1 saturated carbocycles. The highest BCUT2D eigenvalue weighted by Crippen LogP contribution is 2.54. The van der Waals surface area contributed by atoms with E-state index in [9.17, 15) is 9.59 Å². The van der Waals surface area contributed by atoms with Crippen LogP contribution in [0, 0.1) is 5.41 Å². The molecule has 1 aliphatic carbocycles. The lowest BCUT2D eigenvalue weighted by atomic mass is 9.96. The molecule has 24 heavy (non-hydrogen) atoms. The van der Waals surface area contributed by atoms with Crippen molar-refractivity contribution in [3.05, 3.63) is 41.5 Å². The summed E-state index contributed by atoms with van der Waals surface area (Å²) in [7, 11) is 1.63. The van der Waals surface area contributed by atoms with E-state index in [4.69, 9.17) is 9.47 Å². The SMILES string of the molecule is CCOC(=O)C1(C2=CC(=O)N([C@H](C)c3ccc(OC)cc3)C2)CC1. The van der Waals surface area contributed by atoms with Gasteiger partial charge < -0.3 is 14.4 Å². The molecule has 0 spiro atoms. The van der Waals surface area contributed by atoms with Crippen LogP contribution in [0.5, 0.6) is 5.75 Å². The summed E-state index contributed by atoms with van der Waals surface area (Å²) < 4.78 is 10.4. The molecule has 0 N–H and O–H groups in total. The summed E-state index contributed by atoms with van der Waals surface area (Å²) in [5.41, 5.74) is 1.38. The Hall–Kier alpha value is -2.30. The molecule has 2 aliphatic rings. The number of carbonyl (C=O) groups excluding carboxylic acids is 2. The second-order valence-corrected chi connectivity index (χ2v) is 6.39. The summed E-state index contributed by atoms with van der Waals surface area (Å²) in [5.74, 6) is 0.559. The largest absolute Gasteiger partial charge is 0.497 e. The highest BCUT2D eigenvalue weighted by molar-refractivity contribution is 5.95. The van der Waals surface area contributed by atoms with Crippen molar-refractivity contribution in [3.8, 4) is 5.75 Å². The number of esters is 1. The van der Waals surface area contributed by atoms with Crippen LogP contribution in [0.1, 0.15) is 38.3 Å². The maximum atomic E-state index is 12.5. The van der Waals surface area contributed by atoms with Crippen molar-refractivity contribution < 1.29 is 19.1 Å². The van der Waals surface area contributed by atoms with Crippen molar-refractivity contribution in [1.82, 2.24) is 4.90 Å². The smallest absolute Gasteiger partial charge is 0.316 e. The fourth-order valence-corrected chi connectivity index (χ4v) is 3.27. The van der Waals surface area contributed by atoms with Gasteiger partial charge in [0.15, 0.2) is 0 Å². The molecule has 5 nitrogen and oxygen atoms in total. The minimum atomic E-state index is -0.556. The van der Waals surface area contributed by atoms with Gasteiger partial charge in [-0.25, -0.2) is 0 Å². The van der Waals surface area contributed by atoms with E-state index in [2.05, 4.69) is 0 Å². The van der Waals surface area contributed by atoms with Gasteiger partial charge in [0.1, 0.15) is 5.75 Å². The molecule has 1 aromatic rings. The second kappa shape index (κ2) is 6.30. The van der Waals surface area contributed by atoms with E-state index < -0.39 is 5.41 Å². The summed E-state index contributed by atoms with van der Waals surface area (Å²) in [6.07, 6.45) is 3.18. The lowest BCUT2D eigenvalue weighted by Crippen LogP contribution is -2.31. The van der Waals surface area contributed by atoms with Gasteiger partial charge in [0.2, 0.25) is 5.91 Å². The van der Waals surface area contributed by atoms with Gasteiger partial charge in [0, 0.05) is 12.6 Å². The first-order chi connectivity index (χ1) is 11.5. The predicted molar refractivity (Wildman–Crippen MR) is 89.5 cm³/mol. The average molecular weight is 329 g/mol. The third-order valence-corrected chi connectivity index (χ3v) is 5.02. The summed E-state index contributed by atoms with van der Waals surface area (Å²) in [4.78, 5) is 26.5. The molecule has 128 valence electrons. The van der Waals surface area contributed by atoms with Crippen molar-refractivity contribution in [2.24, 2.45) is 5.41 Å². The minimum absolute atomic E-state index is 0.0381. The van der Waals surface area contributed by atoms with E-state index in [0.29, 0.717) is 13.2 Å². The number of nitrogens with zero attached hydrogens (tertiary/aromatic N) is 1. The number of benzene rings is 1. The fourth-order valence-electron chi connectivity index (χ4n) is 3.27. The molecule has 1 atom stereocenters. The molecule has 1 heterocycles. The molecule has 0 aromatic heterocycles. The Morgan fingerprint density at radius 1 is 1.29 bits per heavy atom. The first kappa shape index (κ1) is 16.6. The van der Waals surface area contributed by atoms with Crippen LogP contribution in [0.15, 0.2) is 35.9 Å². The Kier molecular flexibility index (Phi) is 4.35. The summed E-state index contributed by atoms with van der Waals surface area (Å²) in [5, 5.41) is 0. The van der Waals surface area contributed by atoms with Gasteiger partial charge in [0.05, 0.1) is 25.2 Å². The molecular formula is C19H23NO4. The van der Waals surface area contributed by atoms with Gasteiger partial charge in [-0.3, -0.25) is 9.59 Å². The van der Waals surface area contributed by atoms with Crippen molar-refractivity contribution in [2.45, 2.75) is 32.7 Å². The summed E-state index contributed by atoms with van der Waals surface area (Å²) >= 11 is 0. The van der Waals surface area contributed by atoms with Crippen LogP contribution in [0.25, 0.3) is 0 Å². The van der Waals surface area contributed by atoms with Crippen molar-refractivity contribution in [3.63, 3.8) is 0 Å². The highest BCUT2D eigenvalue weighted by Gasteiger charge is 2.56. The van der Waals surface area contributed by atoms with Gasteiger partial charge in [0.25, 0.3) is 0 Å². The lowest BCUT2D eigenvalue weighted by Gasteiger charge is -2.26. The predicted octanol–water partition coefficient (Wildman–Crippen LogP) is 2.87. The number of carbonyl (C=O) groups is 2. The van der Waals surface area contributed by atoms with Crippen molar-refractivity contribution in [1.29, 1.82) is 0 Å². The summed E-state index contributed by atoms with van der Waals surface area (Å²) in [6, 6.07) is 7.65. The van der Waals surface area contributed by atoms with E-state index in [1.807, 2.05) is 31.2 Å². The number of ether oxygens (including phenoxy) is 2. The molecule has 1 fully saturated rings. The fraction of sp³-hybridized carbons (Fsp3) is 0.474.